The third-order valence-electron chi connectivity index (χ3n) is 2.25. The summed E-state index contributed by atoms with van der Waals surface area (Å²) < 4.78 is 0. The van der Waals surface area contributed by atoms with Gasteiger partial charge in [0.05, 0.1) is 0 Å². The molecule has 0 unspecified atom stereocenters. The molecule has 76 valence electrons. The van der Waals surface area contributed by atoms with Gasteiger partial charge >= 0.3 is 0 Å². The van der Waals surface area contributed by atoms with Gasteiger partial charge in [0.2, 0.25) is 0 Å². The van der Waals surface area contributed by atoms with Crippen LogP contribution in [-0.4, -0.2) is 19.9 Å². The van der Waals surface area contributed by atoms with Crippen LogP contribution >= 0.6 is 0 Å². The first-order chi connectivity index (χ1) is 6.63. The highest BCUT2D eigenvalue weighted by molar-refractivity contribution is 5.80. The van der Waals surface area contributed by atoms with Crippen molar-refractivity contribution in [1.82, 2.24) is 0 Å². The third kappa shape index (κ3) is 2.87. The number of carbonyl (C=O) groups excluding carboxylic acids is 1. The van der Waals surface area contributed by atoms with Gasteiger partial charge in [-0.1, -0.05) is 19.1 Å². The molecule has 0 bridgehead atoms. The summed E-state index contributed by atoms with van der Waals surface area (Å²) in [6, 6.07) is 8.11. The normalized spacial score (nSPS) is 9.93. The summed E-state index contributed by atoms with van der Waals surface area (Å²) in [6.07, 6.45) is 1.18. The number of anilines is 1. The molecule has 14 heavy (non-hydrogen) atoms. The average Bonchev–Trinajstić information content (AvgIpc) is 2.18. The van der Waals surface area contributed by atoms with Gasteiger partial charge in [0.15, 0.2) is 0 Å². The molecule has 0 fully saturated rings. The molecule has 0 N–H and O–H groups in total. The van der Waals surface area contributed by atoms with Crippen LogP contribution in [0.4, 0.5) is 5.69 Å². The van der Waals surface area contributed by atoms with Crippen LogP contribution in [0.25, 0.3) is 0 Å². The van der Waals surface area contributed by atoms with Gasteiger partial charge in [-0.05, 0) is 17.7 Å². The first-order valence-corrected chi connectivity index (χ1v) is 4.91. The Labute approximate surface area is 85.5 Å². The van der Waals surface area contributed by atoms with Crippen molar-refractivity contribution >= 4 is 11.5 Å². The second-order valence-electron chi connectivity index (χ2n) is 3.63. The molecule has 0 aliphatic heterocycles. The lowest BCUT2D eigenvalue weighted by Gasteiger charge is -2.12. The molecule has 0 radical (unpaired) electrons. The highest BCUT2D eigenvalue weighted by Gasteiger charge is 2.01. The van der Waals surface area contributed by atoms with Gasteiger partial charge < -0.3 is 4.90 Å². The molecule has 2 heteroatoms. The van der Waals surface area contributed by atoms with E-state index in [4.69, 9.17) is 0 Å². The van der Waals surface area contributed by atoms with E-state index >= 15 is 0 Å². The quantitative estimate of drug-likeness (QED) is 0.727. The SMILES string of the molecule is CCC(=O)Cc1ccc(N(C)C)cc1. The fourth-order valence-electron chi connectivity index (χ4n) is 1.26. The summed E-state index contributed by atoms with van der Waals surface area (Å²) in [5.74, 6) is 0.294. The second-order valence-corrected chi connectivity index (χ2v) is 3.63. The molecule has 1 rings (SSSR count). The summed E-state index contributed by atoms with van der Waals surface area (Å²) in [7, 11) is 4.01. The van der Waals surface area contributed by atoms with Crippen molar-refractivity contribution in [2.24, 2.45) is 0 Å². The molecule has 2 nitrogen and oxygen atoms in total. The number of nitrogens with zero attached hydrogens (tertiary/aromatic N) is 1. The minimum absolute atomic E-state index is 0.294. The molecule has 1 aromatic carbocycles. The van der Waals surface area contributed by atoms with Crippen molar-refractivity contribution in [1.29, 1.82) is 0 Å². The smallest absolute Gasteiger partial charge is 0.136 e. The summed E-state index contributed by atoms with van der Waals surface area (Å²) in [5, 5.41) is 0. The monoisotopic (exact) mass is 191 g/mol. The lowest BCUT2D eigenvalue weighted by molar-refractivity contribution is -0.118. The van der Waals surface area contributed by atoms with Crippen LogP contribution in [0.15, 0.2) is 24.3 Å². The molecular formula is C12H17NO. The van der Waals surface area contributed by atoms with Gasteiger partial charge in [0, 0.05) is 32.6 Å². The molecule has 0 heterocycles. The second kappa shape index (κ2) is 4.80. The third-order valence-corrected chi connectivity index (χ3v) is 2.25. The molecule has 0 spiro atoms. The van der Waals surface area contributed by atoms with Gasteiger partial charge in [0.1, 0.15) is 5.78 Å². The lowest BCUT2D eigenvalue weighted by Crippen LogP contribution is -2.08. The first-order valence-electron chi connectivity index (χ1n) is 4.91. The number of benzene rings is 1. The van der Waals surface area contributed by atoms with Crippen molar-refractivity contribution in [3.63, 3.8) is 0 Å². The molecule has 0 atom stereocenters. The van der Waals surface area contributed by atoms with E-state index in [1.54, 1.807) is 0 Å². The molecule has 0 saturated carbocycles. The number of carbonyl (C=O) groups is 1. The molecule has 0 amide bonds. The zero-order valence-electron chi connectivity index (χ0n) is 9.08. The van der Waals surface area contributed by atoms with Crippen LogP contribution in [0.5, 0.6) is 0 Å². The summed E-state index contributed by atoms with van der Waals surface area (Å²) in [5.41, 5.74) is 2.26. The first kappa shape index (κ1) is 10.8. The van der Waals surface area contributed by atoms with E-state index in [-0.39, 0.29) is 0 Å². The van der Waals surface area contributed by atoms with E-state index in [1.807, 2.05) is 50.2 Å². The highest BCUT2D eigenvalue weighted by Crippen LogP contribution is 2.12. The maximum Gasteiger partial charge on any atom is 0.136 e. The molecule has 0 aliphatic carbocycles. The van der Waals surface area contributed by atoms with Crippen molar-refractivity contribution in [3.05, 3.63) is 29.8 Å². The van der Waals surface area contributed by atoms with E-state index in [1.165, 1.54) is 0 Å². The van der Waals surface area contributed by atoms with Gasteiger partial charge in [-0.2, -0.15) is 0 Å². The maximum atomic E-state index is 11.2. The van der Waals surface area contributed by atoms with Crippen LogP contribution < -0.4 is 4.90 Å². The van der Waals surface area contributed by atoms with Crippen LogP contribution in [-0.2, 0) is 11.2 Å². The fraction of sp³-hybridized carbons (Fsp3) is 0.417. The molecule has 0 saturated heterocycles. The Morgan fingerprint density at radius 3 is 2.21 bits per heavy atom. The van der Waals surface area contributed by atoms with Crippen LogP contribution in [0.3, 0.4) is 0 Å². The minimum Gasteiger partial charge on any atom is -0.378 e. The van der Waals surface area contributed by atoms with E-state index in [9.17, 15) is 4.79 Å². The van der Waals surface area contributed by atoms with Crippen LogP contribution in [0.2, 0.25) is 0 Å². The zero-order chi connectivity index (χ0) is 10.6. The van der Waals surface area contributed by atoms with Crippen molar-refractivity contribution in [2.45, 2.75) is 19.8 Å². The van der Waals surface area contributed by atoms with E-state index in [0.29, 0.717) is 18.6 Å². The largest absolute Gasteiger partial charge is 0.378 e. The number of Topliss-reactive ketones (excluding diaryl/α,β-unsaturated/α-hetero) is 1. The topological polar surface area (TPSA) is 20.3 Å². The Hall–Kier alpha value is -1.31. The molecular weight excluding hydrogens is 174 g/mol. The van der Waals surface area contributed by atoms with Crippen LogP contribution in [0.1, 0.15) is 18.9 Å². The maximum absolute atomic E-state index is 11.2. The summed E-state index contributed by atoms with van der Waals surface area (Å²) in [4.78, 5) is 13.2. The van der Waals surface area contributed by atoms with Gasteiger partial charge in [0.25, 0.3) is 0 Å². The fourth-order valence-corrected chi connectivity index (χ4v) is 1.26. The van der Waals surface area contributed by atoms with Gasteiger partial charge in [-0.15, -0.1) is 0 Å². The average molecular weight is 191 g/mol. The number of hydrogen-bond acceptors (Lipinski definition) is 2. The minimum atomic E-state index is 0.294. The van der Waals surface area contributed by atoms with E-state index in [2.05, 4.69) is 0 Å². The lowest BCUT2D eigenvalue weighted by atomic mass is 10.1. The Balaban J connectivity index is 2.69. The number of rotatable bonds is 4. The molecule has 0 aromatic heterocycles. The predicted molar refractivity (Wildman–Crippen MR) is 59.8 cm³/mol. The Morgan fingerprint density at radius 2 is 1.79 bits per heavy atom. The predicted octanol–water partition coefficient (Wildman–Crippen LogP) is 2.27. The van der Waals surface area contributed by atoms with E-state index in [0.717, 1.165) is 11.3 Å². The molecule has 0 aliphatic rings. The Morgan fingerprint density at radius 1 is 1.21 bits per heavy atom. The van der Waals surface area contributed by atoms with Gasteiger partial charge in [-0.25, -0.2) is 0 Å². The highest BCUT2D eigenvalue weighted by atomic mass is 16.1. The molecule has 1 aromatic rings. The number of ketones is 1. The Bertz CT molecular complexity index is 301. The van der Waals surface area contributed by atoms with Crippen molar-refractivity contribution in [3.8, 4) is 0 Å². The van der Waals surface area contributed by atoms with Crippen LogP contribution in [0, 0.1) is 0 Å². The standard InChI is InChI=1S/C12H17NO/c1-4-12(14)9-10-5-7-11(8-6-10)13(2)3/h5-8H,4,9H2,1-3H3. The number of hydrogen-bond donors (Lipinski definition) is 0. The van der Waals surface area contributed by atoms with E-state index < -0.39 is 0 Å². The summed E-state index contributed by atoms with van der Waals surface area (Å²) in [6.45, 7) is 1.90. The Kier molecular flexibility index (Phi) is 3.69. The van der Waals surface area contributed by atoms with Crippen molar-refractivity contribution in [2.75, 3.05) is 19.0 Å². The summed E-state index contributed by atoms with van der Waals surface area (Å²) >= 11 is 0. The zero-order valence-corrected chi connectivity index (χ0v) is 9.08. The van der Waals surface area contributed by atoms with Crippen molar-refractivity contribution < 1.29 is 4.79 Å². The van der Waals surface area contributed by atoms with Gasteiger partial charge in [-0.3, -0.25) is 4.79 Å².